The van der Waals surface area contributed by atoms with Crippen molar-refractivity contribution in [2.45, 2.75) is 58.9 Å². The van der Waals surface area contributed by atoms with Crippen LogP contribution in [-0.2, 0) is 22.4 Å². The lowest BCUT2D eigenvalue weighted by atomic mass is 9.96. The monoisotopic (exact) mass is 376 g/mol. The van der Waals surface area contributed by atoms with Crippen LogP contribution in [0.2, 0.25) is 0 Å². The van der Waals surface area contributed by atoms with Crippen molar-refractivity contribution >= 4 is 28.2 Å². The number of fused-ring (bicyclic) bond motifs is 1. The number of nitrogens with one attached hydrogen (secondary N) is 2. The van der Waals surface area contributed by atoms with Gasteiger partial charge in [0.05, 0.1) is 12.1 Å². The predicted octanol–water partition coefficient (Wildman–Crippen LogP) is 2.67. The van der Waals surface area contributed by atoms with Gasteiger partial charge in [0.1, 0.15) is 11.1 Å². The zero-order chi connectivity index (χ0) is 19.1. The summed E-state index contributed by atoms with van der Waals surface area (Å²) in [4.78, 5) is 27.4. The molecular weight excluding hydrogens is 348 g/mol. The summed E-state index contributed by atoms with van der Waals surface area (Å²) in [5.74, 6) is -0.136. The number of hydrogen-bond acceptors (Lipinski definition) is 5. The van der Waals surface area contributed by atoms with Gasteiger partial charge < -0.3 is 10.6 Å². The van der Waals surface area contributed by atoms with Crippen LogP contribution in [0, 0.1) is 11.3 Å². The van der Waals surface area contributed by atoms with Crippen molar-refractivity contribution in [2.24, 2.45) is 0 Å². The summed E-state index contributed by atoms with van der Waals surface area (Å²) in [6.07, 6.45) is 4.49. The van der Waals surface area contributed by atoms with E-state index in [1.165, 1.54) is 4.88 Å². The van der Waals surface area contributed by atoms with Gasteiger partial charge in [0.25, 0.3) is 0 Å². The van der Waals surface area contributed by atoms with Crippen LogP contribution < -0.4 is 10.6 Å². The molecule has 0 saturated heterocycles. The number of aryl methyl sites for hydroxylation is 1. The Kier molecular flexibility index (Phi) is 7.61. The standard InChI is InChI=1S/C19H28N4O2S/c1-4-23(12-18(25)21-13(2)3)10-9-17(24)22-19-15(11-20)14-7-5-6-8-16(14)26-19/h13H,4-10,12H2,1-3H3,(H,21,25)(H,22,24). The van der Waals surface area contributed by atoms with Gasteiger partial charge in [0.2, 0.25) is 11.8 Å². The van der Waals surface area contributed by atoms with E-state index in [9.17, 15) is 14.9 Å². The zero-order valence-corrected chi connectivity index (χ0v) is 16.7. The molecule has 1 heterocycles. The van der Waals surface area contributed by atoms with E-state index in [4.69, 9.17) is 0 Å². The second kappa shape index (κ2) is 9.70. The predicted molar refractivity (Wildman–Crippen MR) is 104 cm³/mol. The van der Waals surface area contributed by atoms with Gasteiger partial charge in [-0.15, -0.1) is 11.3 Å². The maximum absolute atomic E-state index is 12.3. The van der Waals surface area contributed by atoms with E-state index >= 15 is 0 Å². The average Bonchev–Trinajstić information content (AvgIpc) is 2.94. The molecule has 6 nitrogen and oxygen atoms in total. The number of rotatable bonds is 8. The molecule has 7 heteroatoms. The highest BCUT2D eigenvalue weighted by Crippen LogP contribution is 2.37. The maximum Gasteiger partial charge on any atom is 0.234 e. The maximum atomic E-state index is 12.3. The van der Waals surface area contributed by atoms with Gasteiger partial charge >= 0.3 is 0 Å². The Morgan fingerprint density at radius 1 is 1.27 bits per heavy atom. The Morgan fingerprint density at radius 3 is 2.65 bits per heavy atom. The van der Waals surface area contributed by atoms with Crippen molar-refractivity contribution in [1.29, 1.82) is 5.26 Å². The minimum atomic E-state index is -0.109. The lowest BCUT2D eigenvalue weighted by molar-refractivity contribution is -0.123. The van der Waals surface area contributed by atoms with E-state index < -0.39 is 0 Å². The molecule has 26 heavy (non-hydrogen) atoms. The molecule has 1 aliphatic rings. The summed E-state index contributed by atoms with van der Waals surface area (Å²) in [7, 11) is 0. The smallest absolute Gasteiger partial charge is 0.234 e. The minimum absolute atomic E-state index is 0.0278. The summed E-state index contributed by atoms with van der Waals surface area (Å²) < 4.78 is 0. The van der Waals surface area contributed by atoms with Crippen molar-refractivity contribution < 1.29 is 9.59 Å². The molecule has 1 aliphatic carbocycles. The molecule has 0 spiro atoms. The first kappa shape index (κ1) is 20.4. The van der Waals surface area contributed by atoms with Crippen molar-refractivity contribution in [2.75, 3.05) is 25.0 Å². The van der Waals surface area contributed by atoms with E-state index in [1.54, 1.807) is 11.3 Å². The number of hydrogen-bond donors (Lipinski definition) is 2. The van der Waals surface area contributed by atoms with Gasteiger partial charge in [-0.05, 0) is 51.6 Å². The molecule has 1 aromatic heterocycles. The molecule has 0 saturated carbocycles. The Bertz CT molecular complexity index is 690. The fraction of sp³-hybridized carbons (Fsp3) is 0.632. The van der Waals surface area contributed by atoms with Crippen LogP contribution >= 0.6 is 11.3 Å². The van der Waals surface area contributed by atoms with Crippen LogP contribution in [0.1, 0.15) is 56.0 Å². The largest absolute Gasteiger partial charge is 0.353 e. The van der Waals surface area contributed by atoms with E-state index in [-0.39, 0.29) is 17.9 Å². The fourth-order valence-electron chi connectivity index (χ4n) is 3.14. The SMILES string of the molecule is CCN(CCC(=O)Nc1sc2c(c1C#N)CCCC2)CC(=O)NC(C)C. The average molecular weight is 377 g/mol. The third-order valence-electron chi connectivity index (χ3n) is 4.46. The molecule has 0 atom stereocenters. The number of nitriles is 1. The number of carbonyl (C=O) groups is 2. The first-order valence-corrected chi connectivity index (χ1v) is 10.1. The molecule has 0 unspecified atom stereocenters. The number of likely N-dealkylation sites (N-methyl/N-ethyl adjacent to an activating group) is 1. The second-order valence-corrected chi connectivity index (χ2v) is 8.02. The van der Waals surface area contributed by atoms with Crippen LogP contribution in [0.3, 0.4) is 0 Å². The Balaban J connectivity index is 1.89. The van der Waals surface area contributed by atoms with E-state index in [0.717, 1.165) is 31.2 Å². The first-order chi connectivity index (χ1) is 12.4. The zero-order valence-electron chi connectivity index (χ0n) is 15.9. The Hall–Kier alpha value is -1.91. The van der Waals surface area contributed by atoms with Gasteiger partial charge in [0, 0.05) is 23.9 Å². The van der Waals surface area contributed by atoms with Gasteiger partial charge in [-0.25, -0.2) is 0 Å². The van der Waals surface area contributed by atoms with Crippen LogP contribution in [0.4, 0.5) is 5.00 Å². The third-order valence-corrected chi connectivity index (χ3v) is 5.66. The molecule has 2 rings (SSSR count). The topological polar surface area (TPSA) is 85.2 Å². The van der Waals surface area contributed by atoms with Crippen LogP contribution in [0.5, 0.6) is 0 Å². The van der Waals surface area contributed by atoms with E-state index in [1.807, 2.05) is 25.7 Å². The summed E-state index contributed by atoms with van der Waals surface area (Å²) in [5, 5.41) is 15.9. The van der Waals surface area contributed by atoms with E-state index in [0.29, 0.717) is 36.6 Å². The molecular formula is C19H28N4O2S. The number of anilines is 1. The molecule has 2 N–H and O–H groups in total. The summed E-state index contributed by atoms with van der Waals surface area (Å²) in [6, 6.07) is 2.37. The molecule has 0 bridgehead atoms. The molecule has 1 aromatic rings. The highest BCUT2D eigenvalue weighted by molar-refractivity contribution is 7.16. The lowest BCUT2D eigenvalue weighted by Crippen LogP contribution is -2.41. The third kappa shape index (κ3) is 5.55. The molecule has 0 aromatic carbocycles. The van der Waals surface area contributed by atoms with Gasteiger partial charge in [-0.3, -0.25) is 14.5 Å². The molecule has 2 amide bonds. The second-order valence-electron chi connectivity index (χ2n) is 6.92. The molecule has 0 aliphatic heterocycles. The molecule has 0 fully saturated rings. The molecule has 0 radical (unpaired) electrons. The van der Waals surface area contributed by atoms with E-state index in [2.05, 4.69) is 16.7 Å². The van der Waals surface area contributed by atoms with Crippen molar-refractivity contribution in [3.63, 3.8) is 0 Å². The summed E-state index contributed by atoms with van der Waals surface area (Å²) >= 11 is 1.54. The number of nitrogens with zero attached hydrogens (tertiary/aromatic N) is 2. The van der Waals surface area contributed by atoms with Crippen LogP contribution in [0.15, 0.2) is 0 Å². The van der Waals surface area contributed by atoms with Crippen molar-refractivity contribution in [3.8, 4) is 6.07 Å². The highest BCUT2D eigenvalue weighted by Gasteiger charge is 2.22. The Morgan fingerprint density at radius 2 is 2.00 bits per heavy atom. The molecule has 142 valence electrons. The number of carbonyl (C=O) groups excluding carboxylic acids is 2. The van der Waals surface area contributed by atoms with Crippen molar-refractivity contribution in [1.82, 2.24) is 10.2 Å². The minimum Gasteiger partial charge on any atom is -0.353 e. The van der Waals surface area contributed by atoms with Crippen molar-refractivity contribution in [3.05, 3.63) is 16.0 Å². The fourth-order valence-corrected chi connectivity index (χ4v) is 4.40. The summed E-state index contributed by atoms with van der Waals surface area (Å²) in [6.45, 7) is 7.33. The van der Waals surface area contributed by atoms with Crippen LogP contribution in [0.25, 0.3) is 0 Å². The normalized spacial score (nSPS) is 13.4. The van der Waals surface area contributed by atoms with Gasteiger partial charge in [-0.2, -0.15) is 5.26 Å². The Labute approximate surface area is 159 Å². The van der Waals surface area contributed by atoms with Gasteiger partial charge in [0.15, 0.2) is 0 Å². The van der Waals surface area contributed by atoms with Gasteiger partial charge in [-0.1, -0.05) is 6.92 Å². The summed E-state index contributed by atoms with van der Waals surface area (Å²) in [5.41, 5.74) is 1.77. The number of thiophene rings is 1. The number of amides is 2. The van der Waals surface area contributed by atoms with Crippen LogP contribution in [-0.4, -0.2) is 42.4 Å². The first-order valence-electron chi connectivity index (χ1n) is 9.30. The highest BCUT2D eigenvalue weighted by atomic mass is 32.1. The lowest BCUT2D eigenvalue weighted by Gasteiger charge is -2.20. The quantitative estimate of drug-likeness (QED) is 0.730.